The van der Waals surface area contributed by atoms with Crippen molar-refractivity contribution >= 4 is 23.1 Å². The molecule has 0 radical (unpaired) electrons. The number of anilines is 1. The predicted molar refractivity (Wildman–Crippen MR) is 124 cm³/mol. The van der Waals surface area contributed by atoms with Crippen LogP contribution in [0.1, 0.15) is 36.1 Å². The topological polar surface area (TPSA) is 66.5 Å². The highest BCUT2D eigenvalue weighted by Gasteiger charge is 2.13. The quantitative estimate of drug-likeness (QED) is 0.520. The third kappa shape index (κ3) is 6.54. The Hall–Kier alpha value is -2.90. The number of amides is 2. The van der Waals surface area contributed by atoms with Crippen molar-refractivity contribution in [2.24, 2.45) is 0 Å². The molecule has 3 aromatic rings. The number of piperidine rings is 1. The van der Waals surface area contributed by atoms with Crippen molar-refractivity contribution in [3.63, 3.8) is 0 Å². The highest BCUT2D eigenvalue weighted by molar-refractivity contribution is 7.07. The number of nitrogens with zero attached hydrogens (tertiary/aromatic N) is 2. The SMILES string of the molecule is O=C(NCc1ccccc1CN1CCCCC1)Nc1cccc(OCc2cscn2)c1. The summed E-state index contributed by atoms with van der Waals surface area (Å²) in [6.07, 6.45) is 3.88. The van der Waals surface area contributed by atoms with E-state index in [0.29, 0.717) is 24.6 Å². The van der Waals surface area contributed by atoms with Crippen LogP contribution in [-0.4, -0.2) is 29.0 Å². The van der Waals surface area contributed by atoms with Gasteiger partial charge < -0.3 is 15.4 Å². The van der Waals surface area contributed by atoms with Crippen LogP contribution in [0.25, 0.3) is 0 Å². The maximum Gasteiger partial charge on any atom is 0.319 e. The van der Waals surface area contributed by atoms with E-state index in [9.17, 15) is 4.79 Å². The predicted octanol–water partition coefficient (Wildman–Crippen LogP) is 5.03. The minimum Gasteiger partial charge on any atom is -0.487 e. The fourth-order valence-corrected chi connectivity index (χ4v) is 4.27. The average molecular weight is 437 g/mol. The van der Waals surface area contributed by atoms with Gasteiger partial charge in [0.2, 0.25) is 0 Å². The van der Waals surface area contributed by atoms with Gasteiger partial charge in [0.15, 0.2) is 0 Å². The van der Waals surface area contributed by atoms with E-state index in [0.717, 1.165) is 30.9 Å². The summed E-state index contributed by atoms with van der Waals surface area (Å²) in [5, 5.41) is 7.83. The highest BCUT2D eigenvalue weighted by atomic mass is 32.1. The molecule has 0 bridgehead atoms. The van der Waals surface area contributed by atoms with Crippen molar-refractivity contribution in [3.8, 4) is 5.75 Å². The molecular weight excluding hydrogens is 408 g/mol. The van der Waals surface area contributed by atoms with E-state index in [1.165, 1.54) is 24.8 Å². The molecule has 7 heteroatoms. The van der Waals surface area contributed by atoms with Crippen LogP contribution in [0.15, 0.2) is 59.4 Å². The third-order valence-electron chi connectivity index (χ3n) is 5.36. The number of benzene rings is 2. The molecule has 2 heterocycles. The Morgan fingerprint density at radius 1 is 1.06 bits per heavy atom. The number of thiazole rings is 1. The maximum atomic E-state index is 12.5. The fraction of sp³-hybridized carbons (Fsp3) is 0.333. The van der Waals surface area contributed by atoms with Gasteiger partial charge in [-0.25, -0.2) is 9.78 Å². The summed E-state index contributed by atoms with van der Waals surface area (Å²) >= 11 is 1.54. The second-order valence-electron chi connectivity index (χ2n) is 7.71. The monoisotopic (exact) mass is 436 g/mol. The lowest BCUT2D eigenvalue weighted by Crippen LogP contribution is -2.31. The Labute approximate surface area is 187 Å². The summed E-state index contributed by atoms with van der Waals surface area (Å²) < 4.78 is 5.76. The van der Waals surface area contributed by atoms with Gasteiger partial charge >= 0.3 is 6.03 Å². The first-order chi connectivity index (χ1) is 15.3. The molecule has 1 saturated heterocycles. The molecule has 2 aromatic carbocycles. The normalized spacial score (nSPS) is 14.2. The Morgan fingerprint density at radius 3 is 2.71 bits per heavy atom. The second kappa shape index (κ2) is 10.9. The van der Waals surface area contributed by atoms with Gasteiger partial charge in [-0.1, -0.05) is 36.8 Å². The Morgan fingerprint density at radius 2 is 1.90 bits per heavy atom. The van der Waals surface area contributed by atoms with E-state index in [1.807, 2.05) is 35.7 Å². The molecule has 0 aliphatic carbocycles. The fourth-order valence-electron chi connectivity index (χ4n) is 3.72. The number of hydrogen-bond acceptors (Lipinski definition) is 5. The van der Waals surface area contributed by atoms with Crippen molar-refractivity contribution in [3.05, 3.63) is 76.2 Å². The zero-order chi connectivity index (χ0) is 21.3. The molecule has 4 rings (SSSR count). The smallest absolute Gasteiger partial charge is 0.319 e. The van der Waals surface area contributed by atoms with Crippen LogP contribution in [0.5, 0.6) is 5.75 Å². The van der Waals surface area contributed by atoms with Crippen LogP contribution >= 0.6 is 11.3 Å². The van der Waals surface area contributed by atoms with Crippen LogP contribution in [0.2, 0.25) is 0 Å². The lowest BCUT2D eigenvalue weighted by atomic mass is 10.0. The van der Waals surface area contributed by atoms with E-state index in [2.05, 4.69) is 38.7 Å². The first-order valence-electron chi connectivity index (χ1n) is 10.7. The van der Waals surface area contributed by atoms with E-state index in [4.69, 9.17) is 4.74 Å². The Kier molecular flexibility index (Phi) is 7.52. The van der Waals surface area contributed by atoms with Crippen molar-refractivity contribution in [2.75, 3.05) is 18.4 Å². The summed E-state index contributed by atoms with van der Waals surface area (Å²) in [4.78, 5) is 19.2. The molecule has 31 heavy (non-hydrogen) atoms. The molecule has 0 atom stereocenters. The average Bonchev–Trinajstić information content (AvgIpc) is 3.32. The number of aromatic nitrogens is 1. The number of nitrogens with one attached hydrogen (secondary N) is 2. The third-order valence-corrected chi connectivity index (χ3v) is 6.00. The molecule has 0 unspecified atom stereocenters. The van der Waals surface area contributed by atoms with Crippen molar-refractivity contribution in [1.82, 2.24) is 15.2 Å². The van der Waals surface area contributed by atoms with Gasteiger partial charge in [-0.3, -0.25) is 4.90 Å². The highest BCUT2D eigenvalue weighted by Crippen LogP contribution is 2.19. The van der Waals surface area contributed by atoms with Crippen molar-refractivity contribution < 1.29 is 9.53 Å². The Bertz CT molecular complexity index is 971. The summed E-state index contributed by atoms with van der Waals surface area (Å²) in [5.41, 5.74) is 5.80. The van der Waals surface area contributed by atoms with Gasteiger partial charge in [-0.2, -0.15) is 0 Å². The minimum atomic E-state index is -0.232. The largest absolute Gasteiger partial charge is 0.487 e. The molecule has 1 aliphatic rings. The zero-order valence-corrected chi connectivity index (χ0v) is 18.4. The van der Waals surface area contributed by atoms with Gasteiger partial charge in [-0.05, 0) is 49.2 Å². The van der Waals surface area contributed by atoms with Gasteiger partial charge in [0.1, 0.15) is 12.4 Å². The molecule has 162 valence electrons. The van der Waals surface area contributed by atoms with E-state index in [1.54, 1.807) is 16.8 Å². The summed E-state index contributed by atoms with van der Waals surface area (Å²) in [5.74, 6) is 0.692. The lowest BCUT2D eigenvalue weighted by molar-refractivity contribution is 0.220. The molecule has 1 aromatic heterocycles. The van der Waals surface area contributed by atoms with E-state index < -0.39 is 0 Å². The van der Waals surface area contributed by atoms with Crippen molar-refractivity contribution in [1.29, 1.82) is 0 Å². The number of carbonyl (C=O) groups excluding carboxylic acids is 1. The van der Waals surface area contributed by atoms with Crippen LogP contribution in [-0.2, 0) is 19.7 Å². The number of likely N-dealkylation sites (tertiary alicyclic amines) is 1. The van der Waals surface area contributed by atoms with Crippen LogP contribution in [0, 0.1) is 0 Å². The zero-order valence-electron chi connectivity index (χ0n) is 17.5. The minimum absolute atomic E-state index is 0.232. The molecule has 2 amide bonds. The number of carbonyl (C=O) groups is 1. The summed E-state index contributed by atoms with van der Waals surface area (Å²) in [7, 11) is 0. The van der Waals surface area contributed by atoms with Crippen molar-refractivity contribution in [2.45, 2.75) is 39.0 Å². The molecule has 1 fully saturated rings. The van der Waals surface area contributed by atoms with Gasteiger partial charge in [-0.15, -0.1) is 11.3 Å². The molecule has 0 saturated carbocycles. The van der Waals surface area contributed by atoms with Crippen LogP contribution in [0.4, 0.5) is 10.5 Å². The number of urea groups is 1. The van der Waals surface area contributed by atoms with Crippen LogP contribution in [0.3, 0.4) is 0 Å². The lowest BCUT2D eigenvalue weighted by Gasteiger charge is -2.27. The summed E-state index contributed by atoms with van der Waals surface area (Å²) in [6.45, 7) is 4.16. The number of ether oxygens (including phenoxy) is 1. The molecule has 2 N–H and O–H groups in total. The van der Waals surface area contributed by atoms with E-state index in [-0.39, 0.29) is 6.03 Å². The van der Waals surface area contributed by atoms with E-state index >= 15 is 0 Å². The number of hydrogen-bond donors (Lipinski definition) is 2. The van der Waals surface area contributed by atoms with Gasteiger partial charge in [0.05, 0.1) is 11.2 Å². The standard InChI is InChI=1S/C24H28N4O2S/c29-24(27-21-9-6-10-23(13-21)30-16-22-17-31-18-26-22)25-14-19-7-2-3-8-20(19)15-28-11-4-1-5-12-28/h2-3,6-10,13,17-18H,1,4-5,11-12,14-16H2,(H2,25,27,29). The van der Waals surface area contributed by atoms with Gasteiger partial charge in [0, 0.05) is 30.2 Å². The first-order valence-corrected chi connectivity index (χ1v) is 11.6. The number of rotatable bonds is 8. The molecular formula is C24H28N4O2S. The first kappa shape index (κ1) is 21.3. The Balaban J connectivity index is 1.29. The molecule has 0 spiro atoms. The molecule has 6 nitrogen and oxygen atoms in total. The summed E-state index contributed by atoms with van der Waals surface area (Å²) in [6, 6.07) is 15.5. The maximum absolute atomic E-state index is 12.5. The molecule has 1 aliphatic heterocycles. The van der Waals surface area contributed by atoms with Gasteiger partial charge in [0.25, 0.3) is 0 Å². The second-order valence-corrected chi connectivity index (χ2v) is 8.43. The van der Waals surface area contributed by atoms with Crippen LogP contribution < -0.4 is 15.4 Å².